The smallest absolute Gasteiger partial charge is 0.225 e. The second kappa shape index (κ2) is 8.82. The molecule has 2 aliphatic rings. The van der Waals surface area contributed by atoms with E-state index in [1.165, 1.54) is 32.1 Å². The van der Waals surface area contributed by atoms with Crippen LogP contribution < -0.4 is 10.6 Å². The summed E-state index contributed by atoms with van der Waals surface area (Å²) in [5, 5.41) is 0. The Morgan fingerprint density at radius 1 is 1.12 bits per heavy atom. The quantitative estimate of drug-likeness (QED) is 0.497. The Morgan fingerprint density at radius 3 is 2.54 bits per heavy atom. The maximum atomic E-state index is 6.12. The van der Waals surface area contributed by atoms with Crippen LogP contribution in [-0.4, -0.2) is 66.3 Å². The first-order chi connectivity index (χ1) is 11.8. The first-order valence-corrected chi connectivity index (χ1v) is 9.01. The lowest BCUT2D eigenvalue weighted by Crippen LogP contribution is -2.51. The van der Waals surface area contributed by atoms with Gasteiger partial charge in [-0.2, -0.15) is 0 Å². The van der Waals surface area contributed by atoms with Gasteiger partial charge in [0.2, 0.25) is 5.95 Å². The van der Waals surface area contributed by atoms with E-state index in [0.717, 1.165) is 32.1 Å². The van der Waals surface area contributed by atoms with Gasteiger partial charge in [0.15, 0.2) is 5.96 Å². The third-order valence-corrected chi connectivity index (χ3v) is 4.71. The zero-order valence-corrected chi connectivity index (χ0v) is 14.3. The van der Waals surface area contributed by atoms with E-state index in [0.29, 0.717) is 25.2 Å². The normalized spacial score (nSPS) is 20.4. The van der Waals surface area contributed by atoms with Crippen molar-refractivity contribution < 1.29 is 4.74 Å². The van der Waals surface area contributed by atoms with Gasteiger partial charge in [0.1, 0.15) is 0 Å². The van der Waals surface area contributed by atoms with Gasteiger partial charge < -0.3 is 20.3 Å². The maximum absolute atomic E-state index is 6.12. The Morgan fingerprint density at radius 2 is 1.83 bits per heavy atom. The van der Waals surface area contributed by atoms with Crippen LogP contribution in [0.4, 0.5) is 5.95 Å². The largest absolute Gasteiger partial charge is 0.376 e. The fourth-order valence-electron chi connectivity index (χ4n) is 3.30. The summed E-state index contributed by atoms with van der Waals surface area (Å²) in [7, 11) is 0. The predicted octanol–water partition coefficient (Wildman–Crippen LogP) is 1.26. The van der Waals surface area contributed by atoms with Gasteiger partial charge >= 0.3 is 0 Å². The van der Waals surface area contributed by atoms with Crippen molar-refractivity contribution in [2.24, 2.45) is 10.7 Å². The Balaban J connectivity index is 1.37. The van der Waals surface area contributed by atoms with E-state index in [9.17, 15) is 0 Å². The van der Waals surface area contributed by atoms with Gasteiger partial charge in [-0.1, -0.05) is 19.3 Å². The van der Waals surface area contributed by atoms with Crippen molar-refractivity contribution >= 4 is 11.9 Å². The number of aliphatic imine (C=N–C) groups is 1. The van der Waals surface area contributed by atoms with E-state index in [-0.39, 0.29) is 0 Å². The molecule has 7 nitrogen and oxygen atoms in total. The molecule has 1 aliphatic carbocycles. The molecule has 0 spiro atoms. The molecule has 132 valence electrons. The Bertz CT molecular complexity index is 509. The van der Waals surface area contributed by atoms with Crippen molar-refractivity contribution in [2.75, 3.05) is 44.2 Å². The number of guanidine groups is 1. The molecule has 1 aromatic heterocycles. The Hall–Kier alpha value is -1.89. The Kier molecular flexibility index (Phi) is 6.23. The summed E-state index contributed by atoms with van der Waals surface area (Å²) < 4.78 is 5.89. The lowest BCUT2D eigenvalue weighted by Gasteiger charge is -2.35. The highest BCUT2D eigenvalue weighted by Gasteiger charge is 2.20. The summed E-state index contributed by atoms with van der Waals surface area (Å²) in [6.07, 6.45) is 10.3. The molecule has 2 N–H and O–H groups in total. The van der Waals surface area contributed by atoms with E-state index in [1.807, 2.05) is 6.07 Å². The number of nitrogens with two attached hydrogens (primary N) is 1. The minimum atomic E-state index is 0.435. The zero-order valence-electron chi connectivity index (χ0n) is 14.3. The number of hydrogen-bond acceptors (Lipinski definition) is 5. The monoisotopic (exact) mass is 332 g/mol. The molecule has 0 atom stereocenters. The highest BCUT2D eigenvalue weighted by molar-refractivity contribution is 5.78. The summed E-state index contributed by atoms with van der Waals surface area (Å²) in [5.74, 6) is 1.41. The first-order valence-electron chi connectivity index (χ1n) is 9.01. The van der Waals surface area contributed by atoms with Crippen LogP contribution in [0.25, 0.3) is 0 Å². The second-order valence-electron chi connectivity index (χ2n) is 6.39. The van der Waals surface area contributed by atoms with Crippen LogP contribution in [0, 0.1) is 0 Å². The molecule has 0 bridgehead atoms. The average molecular weight is 332 g/mol. The van der Waals surface area contributed by atoms with Gasteiger partial charge in [-0.15, -0.1) is 0 Å². The molecule has 0 radical (unpaired) electrons. The highest BCUT2D eigenvalue weighted by Crippen LogP contribution is 2.20. The SMILES string of the molecule is NC(=NCCOC1CCCCC1)N1CCN(c2ncccn2)CC1. The van der Waals surface area contributed by atoms with E-state index in [2.05, 4.69) is 24.8 Å². The van der Waals surface area contributed by atoms with Gasteiger partial charge in [-0.25, -0.2) is 9.97 Å². The molecule has 0 unspecified atom stereocenters. The number of ether oxygens (including phenoxy) is 1. The average Bonchev–Trinajstić information content (AvgIpc) is 2.67. The van der Waals surface area contributed by atoms with E-state index in [1.54, 1.807) is 12.4 Å². The maximum Gasteiger partial charge on any atom is 0.225 e. The van der Waals surface area contributed by atoms with Crippen molar-refractivity contribution in [1.82, 2.24) is 14.9 Å². The molecule has 3 rings (SSSR count). The molecular formula is C17H28N6O. The number of nitrogens with zero attached hydrogens (tertiary/aromatic N) is 5. The molecule has 1 aliphatic heterocycles. The molecule has 2 fully saturated rings. The van der Waals surface area contributed by atoms with E-state index < -0.39 is 0 Å². The van der Waals surface area contributed by atoms with Crippen LogP contribution in [0.15, 0.2) is 23.5 Å². The minimum absolute atomic E-state index is 0.435. The number of anilines is 1. The van der Waals surface area contributed by atoms with Gasteiger partial charge in [0.25, 0.3) is 0 Å². The molecule has 7 heteroatoms. The second-order valence-corrected chi connectivity index (χ2v) is 6.39. The third-order valence-electron chi connectivity index (χ3n) is 4.71. The molecule has 0 aromatic carbocycles. The first kappa shape index (κ1) is 17.0. The van der Waals surface area contributed by atoms with Crippen LogP contribution in [-0.2, 0) is 4.74 Å². The van der Waals surface area contributed by atoms with Crippen LogP contribution >= 0.6 is 0 Å². The topological polar surface area (TPSA) is 79.9 Å². The summed E-state index contributed by atoms with van der Waals surface area (Å²) in [6.45, 7) is 4.72. The van der Waals surface area contributed by atoms with E-state index >= 15 is 0 Å². The van der Waals surface area contributed by atoms with Crippen LogP contribution in [0.3, 0.4) is 0 Å². The molecular weight excluding hydrogens is 304 g/mol. The molecule has 2 heterocycles. The van der Waals surface area contributed by atoms with Gasteiger partial charge in [0.05, 0.1) is 19.3 Å². The molecule has 1 saturated heterocycles. The lowest BCUT2D eigenvalue weighted by atomic mass is 9.98. The minimum Gasteiger partial charge on any atom is -0.376 e. The predicted molar refractivity (Wildman–Crippen MR) is 95.1 cm³/mol. The fourth-order valence-corrected chi connectivity index (χ4v) is 3.30. The van der Waals surface area contributed by atoms with Gasteiger partial charge in [-0.05, 0) is 18.9 Å². The van der Waals surface area contributed by atoms with Crippen LogP contribution in [0.2, 0.25) is 0 Å². The molecule has 1 aromatic rings. The van der Waals surface area contributed by atoms with E-state index in [4.69, 9.17) is 10.5 Å². The Labute approximate surface area is 143 Å². The highest BCUT2D eigenvalue weighted by atomic mass is 16.5. The zero-order chi connectivity index (χ0) is 16.6. The summed E-state index contributed by atoms with van der Waals surface area (Å²) in [4.78, 5) is 17.4. The standard InChI is InChI=1S/C17H28N6O/c18-16(19-9-14-24-15-5-2-1-3-6-15)22-10-12-23(13-11-22)17-20-7-4-8-21-17/h4,7-8,15H,1-3,5-6,9-14H2,(H2,18,19). The van der Waals surface area contributed by atoms with Crippen molar-refractivity contribution in [1.29, 1.82) is 0 Å². The number of aromatic nitrogens is 2. The van der Waals surface area contributed by atoms with Gasteiger partial charge in [-0.3, -0.25) is 4.99 Å². The third kappa shape index (κ3) is 4.80. The lowest BCUT2D eigenvalue weighted by molar-refractivity contribution is 0.0334. The van der Waals surface area contributed by atoms with Gasteiger partial charge in [0, 0.05) is 38.6 Å². The number of piperazine rings is 1. The fraction of sp³-hybridized carbons (Fsp3) is 0.706. The molecule has 24 heavy (non-hydrogen) atoms. The van der Waals surface area contributed by atoms with Crippen LogP contribution in [0.1, 0.15) is 32.1 Å². The van der Waals surface area contributed by atoms with Crippen molar-refractivity contribution in [2.45, 2.75) is 38.2 Å². The molecule has 1 saturated carbocycles. The van der Waals surface area contributed by atoms with Crippen molar-refractivity contribution in [3.05, 3.63) is 18.5 Å². The van der Waals surface area contributed by atoms with Crippen molar-refractivity contribution in [3.63, 3.8) is 0 Å². The number of rotatable bonds is 5. The van der Waals surface area contributed by atoms with Crippen LogP contribution in [0.5, 0.6) is 0 Å². The molecule has 0 amide bonds. The number of hydrogen-bond donors (Lipinski definition) is 1. The summed E-state index contributed by atoms with van der Waals surface area (Å²) in [6, 6.07) is 1.83. The summed E-state index contributed by atoms with van der Waals surface area (Å²) >= 11 is 0. The summed E-state index contributed by atoms with van der Waals surface area (Å²) in [5.41, 5.74) is 6.12. The van der Waals surface area contributed by atoms with Crippen molar-refractivity contribution in [3.8, 4) is 0 Å².